The number of nitrogens with zero attached hydrogens (tertiary/aromatic N) is 2. The molecule has 0 fully saturated rings. The summed E-state index contributed by atoms with van der Waals surface area (Å²) in [5, 5.41) is 9.59. The zero-order valence-electron chi connectivity index (χ0n) is 9.80. The molecule has 2 rings (SSSR count). The molecule has 0 spiro atoms. The van der Waals surface area contributed by atoms with Gasteiger partial charge in [0.15, 0.2) is 0 Å². The van der Waals surface area contributed by atoms with E-state index in [1.54, 1.807) is 6.20 Å². The molecular formula is C15H14N2. The largest absolute Gasteiger partial charge is 0.259 e. The highest BCUT2D eigenvalue weighted by Gasteiger charge is 2.33. The van der Waals surface area contributed by atoms with Crippen LogP contribution >= 0.6 is 0 Å². The minimum Gasteiger partial charge on any atom is -0.259 e. The first-order valence-corrected chi connectivity index (χ1v) is 5.72. The average Bonchev–Trinajstić information content (AvgIpc) is 2.43. The van der Waals surface area contributed by atoms with Crippen LogP contribution in [0.4, 0.5) is 0 Å². The molecule has 0 bridgehead atoms. The molecule has 0 aliphatic carbocycles. The van der Waals surface area contributed by atoms with Crippen molar-refractivity contribution in [2.24, 2.45) is 0 Å². The van der Waals surface area contributed by atoms with E-state index in [1.807, 2.05) is 55.5 Å². The fourth-order valence-electron chi connectivity index (χ4n) is 2.07. The highest BCUT2D eigenvalue weighted by atomic mass is 14.7. The first-order valence-electron chi connectivity index (χ1n) is 5.72. The zero-order chi connectivity index (χ0) is 12.1. The molecule has 0 radical (unpaired) electrons. The fraction of sp³-hybridized carbons (Fsp3) is 0.200. The molecule has 0 amide bonds. The molecular weight excluding hydrogens is 208 g/mol. The van der Waals surface area contributed by atoms with Gasteiger partial charge in [0.05, 0.1) is 11.8 Å². The second-order valence-electron chi connectivity index (χ2n) is 3.95. The average molecular weight is 222 g/mol. The molecule has 0 aliphatic heterocycles. The highest BCUT2D eigenvalue weighted by Crippen LogP contribution is 2.33. The topological polar surface area (TPSA) is 36.7 Å². The molecule has 2 heteroatoms. The Hall–Kier alpha value is -2.14. The van der Waals surface area contributed by atoms with Crippen molar-refractivity contribution in [1.29, 1.82) is 5.26 Å². The Labute approximate surface area is 102 Å². The third kappa shape index (κ3) is 1.92. The van der Waals surface area contributed by atoms with Gasteiger partial charge in [-0.25, -0.2) is 0 Å². The van der Waals surface area contributed by atoms with E-state index >= 15 is 0 Å². The maximum absolute atomic E-state index is 9.59. The standard InChI is InChI=1S/C15H14N2/c1-2-15(12-16,13-8-4-3-5-9-13)14-10-6-7-11-17-14/h3-11H,2H2,1H3/t15-/m0/s1. The molecule has 0 unspecified atom stereocenters. The second-order valence-corrected chi connectivity index (χ2v) is 3.95. The van der Waals surface area contributed by atoms with Crippen molar-refractivity contribution in [2.75, 3.05) is 0 Å². The molecule has 17 heavy (non-hydrogen) atoms. The smallest absolute Gasteiger partial charge is 0.124 e. The van der Waals surface area contributed by atoms with Gasteiger partial charge in [-0.1, -0.05) is 43.3 Å². The summed E-state index contributed by atoms with van der Waals surface area (Å²) in [6.07, 6.45) is 2.45. The molecule has 2 aromatic rings. The van der Waals surface area contributed by atoms with Crippen molar-refractivity contribution < 1.29 is 0 Å². The molecule has 0 aliphatic rings. The molecule has 1 heterocycles. The van der Waals surface area contributed by atoms with Crippen LogP contribution in [0.15, 0.2) is 54.7 Å². The maximum Gasteiger partial charge on any atom is 0.124 e. The Morgan fingerprint density at radius 2 is 1.82 bits per heavy atom. The molecule has 84 valence electrons. The summed E-state index contributed by atoms with van der Waals surface area (Å²) in [5.74, 6) is 0. The number of hydrogen-bond acceptors (Lipinski definition) is 2. The van der Waals surface area contributed by atoms with Crippen molar-refractivity contribution in [2.45, 2.75) is 18.8 Å². The number of nitriles is 1. The van der Waals surface area contributed by atoms with E-state index in [-0.39, 0.29) is 0 Å². The van der Waals surface area contributed by atoms with Gasteiger partial charge < -0.3 is 0 Å². The van der Waals surface area contributed by atoms with Crippen LogP contribution in [0.2, 0.25) is 0 Å². The lowest BCUT2D eigenvalue weighted by molar-refractivity contribution is 0.611. The first-order chi connectivity index (χ1) is 8.33. The van der Waals surface area contributed by atoms with Crippen molar-refractivity contribution in [1.82, 2.24) is 4.98 Å². The first kappa shape index (κ1) is 11.3. The minimum absolute atomic E-state index is 0.636. The van der Waals surface area contributed by atoms with Crippen molar-refractivity contribution >= 4 is 0 Å². The van der Waals surface area contributed by atoms with Crippen molar-refractivity contribution in [3.05, 3.63) is 66.0 Å². The lowest BCUT2D eigenvalue weighted by Gasteiger charge is -2.24. The fourth-order valence-corrected chi connectivity index (χ4v) is 2.07. The third-order valence-electron chi connectivity index (χ3n) is 3.09. The Bertz CT molecular complexity index is 472. The minimum atomic E-state index is -0.636. The summed E-state index contributed by atoms with van der Waals surface area (Å²) >= 11 is 0. The second kappa shape index (κ2) is 4.80. The number of rotatable bonds is 3. The molecule has 1 aromatic heterocycles. The van der Waals surface area contributed by atoms with Crippen molar-refractivity contribution in [3.63, 3.8) is 0 Å². The molecule has 0 saturated heterocycles. The number of hydrogen-bond donors (Lipinski definition) is 0. The van der Waals surface area contributed by atoms with E-state index in [1.165, 1.54) is 0 Å². The number of benzene rings is 1. The Kier molecular flexibility index (Phi) is 3.20. The van der Waals surface area contributed by atoms with E-state index in [0.717, 1.165) is 11.3 Å². The molecule has 0 saturated carbocycles. The normalized spacial score (nSPS) is 13.6. The molecule has 1 atom stereocenters. The Morgan fingerprint density at radius 3 is 2.35 bits per heavy atom. The predicted molar refractivity (Wildman–Crippen MR) is 67.4 cm³/mol. The van der Waals surface area contributed by atoms with Crippen LogP contribution in [0.1, 0.15) is 24.6 Å². The van der Waals surface area contributed by atoms with Gasteiger partial charge in [0, 0.05) is 6.20 Å². The summed E-state index contributed by atoms with van der Waals surface area (Å²) < 4.78 is 0. The monoisotopic (exact) mass is 222 g/mol. The number of pyridine rings is 1. The van der Waals surface area contributed by atoms with Gasteiger partial charge in [-0.15, -0.1) is 0 Å². The Balaban J connectivity index is 2.60. The van der Waals surface area contributed by atoms with Gasteiger partial charge in [0.25, 0.3) is 0 Å². The summed E-state index contributed by atoms with van der Waals surface area (Å²) in [6, 6.07) is 18.0. The van der Waals surface area contributed by atoms with E-state index in [2.05, 4.69) is 11.1 Å². The van der Waals surface area contributed by atoms with Gasteiger partial charge in [0.2, 0.25) is 0 Å². The van der Waals surface area contributed by atoms with Crippen LogP contribution in [0.5, 0.6) is 0 Å². The summed E-state index contributed by atoms with van der Waals surface area (Å²) in [6.45, 7) is 2.02. The van der Waals surface area contributed by atoms with Gasteiger partial charge in [-0.2, -0.15) is 5.26 Å². The van der Waals surface area contributed by atoms with E-state index in [0.29, 0.717) is 6.42 Å². The summed E-state index contributed by atoms with van der Waals surface area (Å²) in [5.41, 5.74) is 1.18. The maximum atomic E-state index is 9.59. The highest BCUT2D eigenvalue weighted by molar-refractivity contribution is 5.42. The molecule has 1 aromatic carbocycles. The van der Waals surface area contributed by atoms with Crippen LogP contribution in [0.3, 0.4) is 0 Å². The summed E-state index contributed by atoms with van der Waals surface area (Å²) in [7, 11) is 0. The van der Waals surface area contributed by atoms with Crippen molar-refractivity contribution in [3.8, 4) is 6.07 Å². The van der Waals surface area contributed by atoms with E-state index in [4.69, 9.17) is 0 Å². The predicted octanol–water partition coefficient (Wildman–Crippen LogP) is 3.30. The van der Waals surface area contributed by atoms with Crippen LogP contribution in [0, 0.1) is 11.3 Å². The molecule has 0 N–H and O–H groups in total. The molecule has 2 nitrogen and oxygen atoms in total. The van der Waals surface area contributed by atoms with E-state index in [9.17, 15) is 5.26 Å². The van der Waals surface area contributed by atoms with Crippen LogP contribution in [-0.4, -0.2) is 4.98 Å². The number of aromatic nitrogens is 1. The lowest BCUT2D eigenvalue weighted by atomic mass is 9.76. The SMILES string of the molecule is CC[C@](C#N)(c1ccccc1)c1ccccn1. The lowest BCUT2D eigenvalue weighted by Crippen LogP contribution is -2.25. The van der Waals surface area contributed by atoms with Gasteiger partial charge in [0.1, 0.15) is 5.41 Å². The van der Waals surface area contributed by atoms with Gasteiger partial charge in [-0.3, -0.25) is 4.98 Å². The van der Waals surface area contributed by atoms with E-state index < -0.39 is 5.41 Å². The van der Waals surface area contributed by atoms with Crippen LogP contribution in [-0.2, 0) is 5.41 Å². The van der Waals surface area contributed by atoms with Gasteiger partial charge >= 0.3 is 0 Å². The zero-order valence-corrected chi connectivity index (χ0v) is 9.80. The third-order valence-corrected chi connectivity index (χ3v) is 3.09. The van der Waals surface area contributed by atoms with Crippen LogP contribution in [0.25, 0.3) is 0 Å². The van der Waals surface area contributed by atoms with Gasteiger partial charge in [-0.05, 0) is 24.1 Å². The quantitative estimate of drug-likeness (QED) is 0.799. The summed E-state index contributed by atoms with van der Waals surface area (Å²) in [4.78, 5) is 4.35. The van der Waals surface area contributed by atoms with Crippen LogP contribution < -0.4 is 0 Å². The Morgan fingerprint density at radius 1 is 1.12 bits per heavy atom.